The minimum atomic E-state index is -3.61. The maximum absolute atomic E-state index is 13.2. The maximum atomic E-state index is 13.2. The molecule has 180 valence electrons. The number of ether oxygens (including phenoxy) is 1. The zero-order valence-corrected chi connectivity index (χ0v) is 20.2. The third kappa shape index (κ3) is 5.63. The summed E-state index contributed by atoms with van der Waals surface area (Å²) in [6.07, 6.45) is 0.0192. The van der Waals surface area contributed by atoms with E-state index >= 15 is 0 Å². The lowest BCUT2D eigenvalue weighted by Gasteiger charge is -2.34. The molecule has 4 rings (SSSR count). The van der Waals surface area contributed by atoms with E-state index in [4.69, 9.17) is 4.74 Å². The van der Waals surface area contributed by atoms with Crippen LogP contribution in [0.3, 0.4) is 0 Å². The van der Waals surface area contributed by atoms with Gasteiger partial charge in [0.1, 0.15) is 17.4 Å². The molecule has 8 nitrogen and oxygen atoms in total. The van der Waals surface area contributed by atoms with Gasteiger partial charge in [-0.2, -0.15) is 9.29 Å². The van der Waals surface area contributed by atoms with E-state index in [1.54, 1.807) is 42.5 Å². The number of hydrogen-bond donors (Lipinski definition) is 1. The van der Waals surface area contributed by atoms with Crippen LogP contribution in [0.5, 0.6) is 5.75 Å². The molecule has 1 N–H and O–H groups in total. The number of anilines is 3. The van der Waals surface area contributed by atoms with Gasteiger partial charge in [0.05, 0.1) is 11.0 Å². The van der Waals surface area contributed by atoms with Crippen molar-refractivity contribution in [2.45, 2.75) is 31.8 Å². The van der Waals surface area contributed by atoms with Gasteiger partial charge in [0.2, 0.25) is 16.0 Å². The topological polar surface area (TPSA) is 87.7 Å². The Balaban J connectivity index is 1.43. The van der Waals surface area contributed by atoms with Crippen molar-refractivity contribution in [3.63, 3.8) is 0 Å². The molecule has 1 fully saturated rings. The second-order valence-corrected chi connectivity index (χ2v) is 10.3. The summed E-state index contributed by atoms with van der Waals surface area (Å²) in [5.74, 6) is 1.45. The normalized spacial score (nSPS) is 14.9. The van der Waals surface area contributed by atoms with Crippen LogP contribution >= 0.6 is 0 Å². The third-order valence-corrected chi connectivity index (χ3v) is 7.23. The second kappa shape index (κ2) is 9.94. The number of halogens is 1. The molecule has 34 heavy (non-hydrogen) atoms. The fourth-order valence-electron chi connectivity index (χ4n) is 3.68. The summed E-state index contributed by atoms with van der Waals surface area (Å²) in [5, 5.41) is 3.16. The van der Waals surface area contributed by atoms with Crippen LogP contribution in [0.4, 0.5) is 21.8 Å². The number of rotatable bonds is 7. The Labute approximate surface area is 199 Å². The van der Waals surface area contributed by atoms with Gasteiger partial charge in [-0.3, -0.25) is 0 Å². The van der Waals surface area contributed by atoms with Crippen molar-refractivity contribution in [3.05, 3.63) is 66.1 Å². The average Bonchev–Trinajstić information content (AvgIpc) is 2.80. The van der Waals surface area contributed by atoms with Gasteiger partial charge in [0.25, 0.3) is 0 Å². The predicted octanol–water partition coefficient (Wildman–Crippen LogP) is 3.97. The summed E-state index contributed by atoms with van der Waals surface area (Å²) >= 11 is 0. The second-order valence-electron chi connectivity index (χ2n) is 8.36. The van der Waals surface area contributed by atoms with Crippen LogP contribution in [-0.2, 0) is 10.0 Å². The van der Waals surface area contributed by atoms with Gasteiger partial charge in [0, 0.05) is 43.6 Å². The summed E-state index contributed by atoms with van der Waals surface area (Å²) in [6, 6.07) is 14.4. The first-order valence-corrected chi connectivity index (χ1v) is 12.5. The summed E-state index contributed by atoms with van der Waals surface area (Å²) in [7, 11) is -3.61. The molecule has 0 atom stereocenters. The number of sulfonamides is 1. The number of aryl methyl sites for hydroxylation is 1. The first kappa shape index (κ1) is 23.9. The molecule has 0 amide bonds. The summed E-state index contributed by atoms with van der Waals surface area (Å²) in [4.78, 5) is 11.3. The van der Waals surface area contributed by atoms with Gasteiger partial charge < -0.3 is 15.0 Å². The molecule has 0 unspecified atom stereocenters. The smallest absolute Gasteiger partial charge is 0.243 e. The van der Waals surface area contributed by atoms with Crippen molar-refractivity contribution in [1.82, 2.24) is 14.3 Å². The Kier molecular flexibility index (Phi) is 6.99. The molecule has 0 radical (unpaired) electrons. The van der Waals surface area contributed by atoms with Gasteiger partial charge in [-0.15, -0.1) is 0 Å². The molecule has 0 aliphatic carbocycles. The van der Waals surface area contributed by atoms with Gasteiger partial charge in [0.15, 0.2) is 0 Å². The SMILES string of the molecule is Cc1cc(Nc2ccc(F)cc2)nc(N2CCN(S(=O)(=O)c3ccc(OC(C)C)cc3)CC2)n1. The molecule has 0 spiro atoms. The fourth-order valence-corrected chi connectivity index (χ4v) is 5.10. The lowest BCUT2D eigenvalue weighted by atomic mass is 10.3. The molecule has 2 heterocycles. The van der Waals surface area contributed by atoms with Crippen molar-refractivity contribution in [2.24, 2.45) is 0 Å². The molecule has 1 aliphatic heterocycles. The highest BCUT2D eigenvalue weighted by Crippen LogP contribution is 2.24. The quantitative estimate of drug-likeness (QED) is 0.542. The Bertz CT molecular complexity index is 1230. The van der Waals surface area contributed by atoms with Crippen molar-refractivity contribution in [3.8, 4) is 5.75 Å². The van der Waals surface area contributed by atoms with Crippen LogP contribution in [0.25, 0.3) is 0 Å². The average molecular weight is 486 g/mol. The lowest BCUT2D eigenvalue weighted by Crippen LogP contribution is -2.49. The van der Waals surface area contributed by atoms with Gasteiger partial charge >= 0.3 is 0 Å². The van der Waals surface area contributed by atoms with Gasteiger partial charge in [-0.05, 0) is 69.3 Å². The zero-order valence-electron chi connectivity index (χ0n) is 19.4. The van der Waals surface area contributed by atoms with Crippen LogP contribution in [-0.4, -0.2) is 55.0 Å². The van der Waals surface area contributed by atoms with Crippen molar-refractivity contribution >= 4 is 27.5 Å². The Morgan fingerprint density at radius 2 is 1.62 bits per heavy atom. The lowest BCUT2D eigenvalue weighted by molar-refractivity contribution is 0.242. The predicted molar refractivity (Wildman–Crippen MR) is 130 cm³/mol. The minimum Gasteiger partial charge on any atom is -0.491 e. The molecule has 10 heteroatoms. The molecule has 1 saturated heterocycles. The van der Waals surface area contributed by atoms with Crippen LogP contribution in [0.15, 0.2) is 59.5 Å². The molecule has 1 aromatic heterocycles. The molecule has 2 aromatic carbocycles. The van der Waals surface area contributed by atoms with Gasteiger partial charge in [-0.25, -0.2) is 17.8 Å². The standard InChI is InChI=1S/C24H28FN5O3S/c1-17(2)33-21-8-10-22(11-9-21)34(31,32)30-14-12-29(13-15-30)24-26-18(3)16-23(28-24)27-20-6-4-19(25)5-7-20/h4-11,16-17H,12-15H2,1-3H3,(H,26,27,28). The van der Waals surface area contributed by atoms with Gasteiger partial charge in [-0.1, -0.05) is 0 Å². The first-order chi connectivity index (χ1) is 16.2. The molecule has 0 saturated carbocycles. The van der Waals surface area contributed by atoms with Crippen molar-refractivity contribution in [2.75, 3.05) is 36.4 Å². The van der Waals surface area contributed by atoms with E-state index in [0.717, 1.165) is 5.69 Å². The summed E-state index contributed by atoms with van der Waals surface area (Å²) in [5.41, 5.74) is 1.49. The fraction of sp³-hybridized carbons (Fsp3) is 0.333. The van der Waals surface area contributed by atoms with E-state index in [1.165, 1.54) is 16.4 Å². The van der Waals surface area contributed by atoms with Crippen molar-refractivity contribution in [1.29, 1.82) is 0 Å². The number of aromatic nitrogens is 2. The number of nitrogens with one attached hydrogen (secondary N) is 1. The van der Waals surface area contributed by atoms with Crippen LogP contribution in [0.1, 0.15) is 19.5 Å². The summed E-state index contributed by atoms with van der Waals surface area (Å²) < 4.78 is 46.4. The van der Waals surface area contributed by atoms with E-state index in [9.17, 15) is 12.8 Å². The molecular weight excluding hydrogens is 457 g/mol. The Morgan fingerprint density at radius 1 is 0.971 bits per heavy atom. The zero-order chi connectivity index (χ0) is 24.3. The highest BCUT2D eigenvalue weighted by Gasteiger charge is 2.29. The highest BCUT2D eigenvalue weighted by atomic mass is 32.2. The van der Waals surface area contributed by atoms with E-state index in [1.807, 2.05) is 25.7 Å². The summed E-state index contributed by atoms with van der Waals surface area (Å²) in [6.45, 7) is 7.29. The van der Waals surface area contributed by atoms with Crippen LogP contribution in [0, 0.1) is 12.7 Å². The monoisotopic (exact) mass is 485 g/mol. The molecule has 3 aromatic rings. The number of hydrogen-bond acceptors (Lipinski definition) is 7. The van der Waals surface area contributed by atoms with Crippen molar-refractivity contribution < 1.29 is 17.5 Å². The molecule has 1 aliphatic rings. The Hall–Kier alpha value is -3.24. The number of nitrogens with zero attached hydrogens (tertiary/aromatic N) is 4. The van der Waals surface area contributed by atoms with E-state index in [2.05, 4.69) is 15.3 Å². The number of benzene rings is 2. The maximum Gasteiger partial charge on any atom is 0.243 e. The van der Waals surface area contributed by atoms with Crippen LogP contribution in [0.2, 0.25) is 0 Å². The van der Waals surface area contributed by atoms with Crippen LogP contribution < -0.4 is 15.0 Å². The first-order valence-electron chi connectivity index (χ1n) is 11.1. The molecule has 0 bridgehead atoms. The van der Waals surface area contributed by atoms with E-state index < -0.39 is 10.0 Å². The van der Waals surface area contributed by atoms with E-state index in [-0.39, 0.29) is 16.8 Å². The third-order valence-electron chi connectivity index (χ3n) is 5.31. The highest BCUT2D eigenvalue weighted by molar-refractivity contribution is 7.89. The minimum absolute atomic E-state index is 0.0192. The largest absolute Gasteiger partial charge is 0.491 e. The molecular formula is C24H28FN5O3S. The Morgan fingerprint density at radius 3 is 2.24 bits per heavy atom. The van der Waals surface area contributed by atoms with E-state index in [0.29, 0.717) is 49.4 Å². The number of piperazine rings is 1.